The summed E-state index contributed by atoms with van der Waals surface area (Å²) in [5, 5.41) is 0.0373. The van der Waals surface area contributed by atoms with Gasteiger partial charge < -0.3 is 4.90 Å². The van der Waals surface area contributed by atoms with Crippen LogP contribution in [-0.4, -0.2) is 40.0 Å². The monoisotopic (exact) mass is 293 g/mol. The molecule has 1 amide bonds. The first-order valence-corrected chi connectivity index (χ1v) is 6.09. The molecule has 2 heterocycles. The molecular formula is C11H11ClF3N3O. The van der Waals surface area contributed by atoms with E-state index >= 15 is 0 Å². The minimum Gasteiger partial charge on any atom is -0.337 e. The molecule has 1 saturated heterocycles. The maximum Gasteiger partial charge on any atom is 0.393 e. The number of hydrogen-bond acceptors (Lipinski definition) is 3. The number of aromatic nitrogens is 2. The Hall–Kier alpha value is -1.37. The van der Waals surface area contributed by atoms with Crippen LogP contribution >= 0.6 is 11.6 Å². The van der Waals surface area contributed by atoms with Crippen molar-refractivity contribution >= 4 is 17.5 Å². The normalized spacial score (nSPS) is 20.4. The molecule has 2 rings (SSSR count). The van der Waals surface area contributed by atoms with E-state index in [1.807, 2.05) is 0 Å². The maximum absolute atomic E-state index is 12.7. The van der Waals surface area contributed by atoms with Crippen LogP contribution in [0.4, 0.5) is 13.2 Å². The smallest absolute Gasteiger partial charge is 0.337 e. The summed E-state index contributed by atoms with van der Waals surface area (Å²) in [4.78, 5) is 20.6. The van der Waals surface area contributed by atoms with Crippen molar-refractivity contribution in [3.05, 3.63) is 23.2 Å². The van der Waals surface area contributed by atoms with Crippen molar-refractivity contribution < 1.29 is 18.0 Å². The average Bonchev–Trinajstić information content (AvgIpc) is 2.37. The molecule has 0 spiro atoms. The third-order valence-electron chi connectivity index (χ3n) is 3.00. The van der Waals surface area contributed by atoms with Gasteiger partial charge in [0.1, 0.15) is 10.8 Å². The summed E-state index contributed by atoms with van der Waals surface area (Å²) in [6.07, 6.45) is -1.45. The van der Waals surface area contributed by atoms with Gasteiger partial charge in [-0.1, -0.05) is 11.6 Å². The SMILES string of the molecule is O=C(c1cncc(Cl)n1)N1CCCC(C(F)(F)F)C1. The Bertz CT molecular complexity index is 480. The van der Waals surface area contributed by atoms with Crippen LogP contribution in [0.3, 0.4) is 0 Å². The van der Waals surface area contributed by atoms with Gasteiger partial charge in [0.25, 0.3) is 5.91 Å². The highest BCUT2D eigenvalue weighted by molar-refractivity contribution is 6.29. The lowest BCUT2D eigenvalue weighted by molar-refractivity contribution is -0.184. The fourth-order valence-electron chi connectivity index (χ4n) is 2.04. The minimum atomic E-state index is -4.28. The van der Waals surface area contributed by atoms with Gasteiger partial charge in [0.15, 0.2) is 0 Å². The molecule has 1 aliphatic heterocycles. The minimum absolute atomic E-state index is 0.0321. The van der Waals surface area contributed by atoms with Gasteiger partial charge in [-0.15, -0.1) is 0 Å². The molecule has 0 aliphatic carbocycles. The van der Waals surface area contributed by atoms with Gasteiger partial charge in [-0.05, 0) is 12.8 Å². The number of nitrogens with zero attached hydrogens (tertiary/aromatic N) is 3. The Labute approximate surface area is 112 Å². The van der Waals surface area contributed by atoms with Crippen molar-refractivity contribution in [3.63, 3.8) is 0 Å². The Morgan fingerprint density at radius 1 is 1.42 bits per heavy atom. The number of carbonyl (C=O) groups is 1. The first kappa shape index (κ1) is 14.0. The fraction of sp³-hybridized carbons (Fsp3) is 0.545. The van der Waals surface area contributed by atoms with Gasteiger partial charge in [-0.2, -0.15) is 13.2 Å². The molecular weight excluding hydrogens is 283 g/mol. The number of hydrogen-bond donors (Lipinski definition) is 0. The molecule has 104 valence electrons. The molecule has 0 bridgehead atoms. The Balaban J connectivity index is 2.11. The second kappa shape index (κ2) is 5.32. The first-order valence-electron chi connectivity index (χ1n) is 5.71. The highest BCUT2D eigenvalue weighted by Gasteiger charge is 2.42. The van der Waals surface area contributed by atoms with Gasteiger partial charge >= 0.3 is 6.18 Å². The molecule has 1 aromatic heterocycles. The van der Waals surface area contributed by atoms with E-state index in [0.29, 0.717) is 13.0 Å². The van der Waals surface area contributed by atoms with Gasteiger partial charge in [-0.25, -0.2) is 4.98 Å². The predicted octanol–water partition coefficient (Wildman–Crippen LogP) is 2.54. The number of piperidine rings is 1. The molecule has 1 unspecified atom stereocenters. The zero-order chi connectivity index (χ0) is 14.0. The molecule has 1 aromatic rings. The number of halogens is 4. The largest absolute Gasteiger partial charge is 0.393 e. The van der Waals surface area contributed by atoms with Gasteiger partial charge in [0.05, 0.1) is 18.3 Å². The van der Waals surface area contributed by atoms with Crippen LogP contribution in [-0.2, 0) is 0 Å². The van der Waals surface area contributed by atoms with E-state index in [1.54, 1.807) is 0 Å². The van der Waals surface area contributed by atoms with E-state index in [0.717, 1.165) is 4.90 Å². The quantitative estimate of drug-likeness (QED) is 0.799. The van der Waals surface area contributed by atoms with Crippen LogP contribution in [0.2, 0.25) is 5.15 Å². The van der Waals surface area contributed by atoms with Crippen LogP contribution in [0.15, 0.2) is 12.4 Å². The molecule has 19 heavy (non-hydrogen) atoms. The van der Waals surface area contributed by atoms with Crippen molar-refractivity contribution in [1.82, 2.24) is 14.9 Å². The second-order valence-corrected chi connectivity index (χ2v) is 4.75. The van der Waals surface area contributed by atoms with E-state index < -0.39 is 18.0 Å². The molecule has 1 atom stereocenters. The Morgan fingerprint density at radius 2 is 2.16 bits per heavy atom. The van der Waals surface area contributed by atoms with Crippen molar-refractivity contribution in [2.24, 2.45) is 5.92 Å². The third-order valence-corrected chi connectivity index (χ3v) is 3.18. The summed E-state index contributed by atoms with van der Waals surface area (Å²) < 4.78 is 38.0. The summed E-state index contributed by atoms with van der Waals surface area (Å²) in [5.41, 5.74) is -0.0321. The van der Waals surface area contributed by atoms with Crippen molar-refractivity contribution in [2.45, 2.75) is 19.0 Å². The Kier molecular flexibility index (Phi) is 3.93. The number of rotatable bonds is 1. The van der Waals surface area contributed by atoms with Gasteiger partial charge in [0, 0.05) is 13.1 Å². The summed E-state index contributed by atoms with van der Waals surface area (Å²) in [6, 6.07) is 0. The summed E-state index contributed by atoms with van der Waals surface area (Å²) in [7, 11) is 0. The molecule has 8 heteroatoms. The lowest BCUT2D eigenvalue weighted by atomic mass is 9.97. The second-order valence-electron chi connectivity index (χ2n) is 4.36. The van der Waals surface area contributed by atoms with Gasteiger partial charge in [-0.3, -0.25) is 9.78 Å². The fourth-order valence-corrected chi connectivity index (χ4v) is 2.18. The third kappa shape index (κ3) is 3.34. The molecule has 0 aromatic carbocycles. The van der Waals surface area contributed by atoms with Crippen molar-refractivity contribution in [1.29, 1.82) is 0 Å². The maximum atomic E-state index is 12.7. The lowest BCUT2D eigenvalue weighted by Crippen LogP contribution is -2.44. The number of carbonyl (C=O) groups excluding carboxylic acids is 1. The number of alkyl halides is 3. The first-order chi connectivity index (χ1) is 8.88. The van der Waals surface area contributed by atoms with E-state index in [2.05, 4.69) is 9.97 Å². The molecule has 0 radical (unpaired) electrons. The van der Waals surface area contributed by atoms with E-state index in [9.17, 15) is 18.0 Å². The Morgan fingerprint density at radius 3 is 2.79 bits per heavy atom. The summed E-state index contributed by atoms with van der Waals surface area (Å²) in [6.45, 7) is -0.0455. The van der Waals surface area contributed by atoms with Crippen LogP contribution in [0, 0.1) is 5.92 Å². The lowest BCUT2D eigenvalue weighted by Gasteiger charge is -2.33. The molecule has 1 fully saturated rings. The summed E-state index contributed by atoms with van der Waals surface area (Å²) in [5.74, 6) is -2.04. The zero-order valence-corrected chi connectivity index (χ0v) is 10.6. The van der Waals surface area contributed by atoms with Gasteiger partial charge in [0.2, 0.25) is 0 Å². The molecule has 4 nitrogen and oxygen atoms in total. The van der Waals surface area contributed by atoms with Crippen LogP contribution in [0.1, 0.15) is 23.3 Å². The van der Waals surface area contributed by atoms with Crippen LogP contribution in [0.25, 0.3) is 0 Å². The predicted molar refractivity (Wildman–Crippen MR) is 61.7 cm³/mol. The van der Waals surface area contributed by atoms with Crippen molar-refractivity contribution in [3.8, 4) is 0 Å². The topological polar surface area (TPSA) is 46.1 Å². The van der Waals surface area contributed by atoms with Crippen LogP contribution < -0.4 is 0 Å². The number of likely N-dealkylation sites (tertiary alicyclic amines) is 1. The van der Waals surface area contributed by atoms with E-state index in [1.165, 1.54) is 12.4 Å². The van der Waals surface area contributed by atoms with E-state index in [-0.39, 0.29) is 23.8 Å². The number of amides is 1. The zero-order valence-electron chi connectivity index (χ0n) is 9.82. The van der Waals surface area contributed by atoms with Crippen molar-refractivity contribution in [2.75, 3.05) is 13.1 Å². The summed E-state index contributed by atoms with van der Waals surface area (Å²) >= 11 is 5.60. The molecule has 0 N–H and O–H groups in total. The molecule has 0 saturated carbocycles. The van der Waals surface area contributed by atoms with Crippen LogP contribution in [0.5, 0.6) is 0 Å². The van der Waals surface area contributed by atoms with E-state index in [4.69, 9.17) is 11.6 Å². The standard InChI is InChI=1S/C11H11ClF3N3O/c12-9-5-16-4-8(17-9)10(19)18-3-1-2-7(6-18)11(13,14)15/h4-5,7H,1-3,6H2. The highest BCUT2D eigenvalue weighted by atomic mass is 35.5. The molecule has 1 aliphatic rings. The average molecular weight is 294 g/mol. The highest BCUT2D eigenvalue weighted by Crippen LogP contribution is 2.33.